The van der Waals surface area contributed by atoms with Crippen LogP contribution in [0.15, 0.2) is 231 Å². The van der Waals surface area contributed by atoms with E-state index in [1.807, 2.05) is 48.5 Å². The number of halogens is 2. The van der Waals surface area contributed by atoms with E-state index in [-0.39, 0.29) is 11.1 Å². The van der Waals surface area contributed by atoms with E-state index in [9.17, 15) is 0 Å². The summed E-state index contributed by atoms with van der Waals surface area (Å²) < 4.78 is 31.4. The fraction of sp³-hybridized carbons (Fsp3) is 0. The van der Waals surface area contributed by atoms with E-state index in [1.165, 1.54) is 33.4 Å². The van der Waals surface area contributed by atoms with Crippen LogP contribution in [0.5, 0.6) is 0 Å². The maximum absolute atomic E-state index is 15.7. The van der Waals surface area contributed by atoms with Gasteiger partial charge < -0.3 is 0 Å². The van der Waals surface area contributed by atoms with Crippen molar-refractivity contribution in [2.24, 2.45) is 0 Å². The van der Waals surface area contributed by atoms with Gasteiger partial charge in [0.1, 0.15) is 0 Å². The number of rotatable bonds is 0. The van der Waals surface area contributed by atoms with E-state index in [0.29, 0.717) is 11.1 Å². The molecule has 38 rings (SSSR count). The summed E-state index contributed by atoms with van der Waals surface area (Å²) in [5.41, 5.74) is 19.7. The highest BCUT2D eigenvalue weighted by atomic mass is 19.2. The monoisotopic (exact) mass is 796 g/mol. The van der Waals surface area contributed by atoms with Gasteiger partial charge in [0, 0.05) is 11.1 Å². The molecule has 0 aromatic heterocycles. The van der Waals surface area contributed by atoms with Crippen molar-refractivity contribution in [3.63, 3.8) is 0 Å². The zero-order valence-electron chi connectivity index (χ0n) is 33.7. The first kappa shape index (κ1) is 37.1. The Balaban J connectivity index is 0.921. The molecule has 0 saturated carbocycles. The maximum Gasteiger partial charge on any atom is 0.167 e. The predicted molar refractivity (Wildman–Crippen MR) is 254 cm³/mol. The van der Waals surface area contributed by atoms with Crippen molar-refractivity contribution in [1.82, 2.24) is 0 Å². The van der Waals surface area contributed by atoms with Crippen LogP contribution in [-0.4, -0.2) is 0 Å². The van der Waals surface area contributed by atoms with Crippen LogP contribution in [0.1, 0.15) is 0 Å². The van der Waals surface area contributed by atoms with E-state index in [2.05, 4.69) is 170 Å². The fourth-order valence-electron chi connectivity index (χ4n) is 8.67. The topological polar surface area (TPSA) is 0 Å². The highest BCUT2D eigenvalue weighted by Crippen LogP contribution is 2.36. The van der Waals surface area contributed by atoms with Crippen molar-refractivity contribution >= 4 is 0 Å². The van der Waals surface area contributed by atoms with Gasteiger partial charge in [0.25, 0.3) is 0 Å². The zero-order chi connectivity index (χ0) is 41.6. The first-order chi connectivity index (χ1) is 30.5. The molecular formula is C60H38F2. The Hall–Kier alpha value is -7.94. The lowest BCUT2D eigenvalue weighted by Gasteiger charge is -2.11. The molecule has 0 N–H and O–H groups in total. The minimum absolute atomic E-state index is 0.233. The summed E-state index contributed by atoms with van der Waals surface area (Å²) in [6.07, 6.45) is 0. The molecule has 28 aliphatic carbocycles. The number of benzene rings is 10. The summed E-state index contributed by atoms with van der Waals surface area (Å²) >= 11 is 0. The van der Waals surface area contributed by atoms with E-state index in [4.69, 9.17) is 0 Å². The SMILES string of the molecule is Fc1c2ccc(c1F)-c1ccc(cc1)-c1ccc(cc1)-c1ccc(cc1)-c1ccc(cc1)-c1ccc(cc1)-c1ccc(cc1)-c1ccc(cc1)-c1ccc(cc1)-c1ccc-2cc1. The van der Waals surface area contributed by atoms with Crippen LogP contribution in [0.3, 0.4) is 0 Å². The van der Waals surface area contributed by atoms with Gasteiger partial charge in [-0.25, -0.2) is 8.78 Å². The Morgan fingerprint density at radius 3 is 0.339 bits per heavy atom. The van der Waals surface area contributed by atoms with Crippen molar-refractivity contribution in [2.75, 3.05) is 0 Å². The largest absolute Gasteiger partial charge is 0.203 e. The van der Waals surface area contributed by atoms with Gasteiger partial charge in [-0.1, -0.05) is 231 Å². The van der Waals surface area contributed by atoms with Gasteiger partial charge in [0.2, 0.25) is 0 Å². The van der Waals surface area contributed by atoms with Crippen LogP contribution in [-0.2, 0) is 0 Å². The molecule has 28 aliphatic rings. The second-order valence-corrected chi connectivity index (χ2v) is 16.0. The molecule has 0 atom stereocenters. The van der Waals surface area contributed by atoms with E-state index < -0.39 is 11.6 Å². The molecule has 0 amide bonds. The standard InChI is InChI=1S/C60H38F2/c61-59-57-37-38-58(60(59)62)56-35-31-54(32-36-56)52-27-23-50(24-28-52)48-19-15-46(16-20-48)44-11-7-42(8-12-44)40-2-1-39(3-4-40)41-5-9-43(10-6-41)45-13-17-47(18-14-45)49-21-25-51(26-22-49)53-29-33-55(57)34-30-53/h1-38H. The van der Waals surface area contributed by atoms with Gasteiger partial charge in [-0.05, 0) is 100 Å². The Bertz CT molecular complexity index is 2960. The summed E-state index contributed by atoms with van der Waals surface area (Å²) in [6, 6.07) is 79.2. The van der Waals surface area contributed by atoms with E-state index in [0.717, 1.165) is 55.6 Å². The highest BCUT2D eigenvalue weighted by Gasteiger charge is 2.17. The molecule has 0 unspecified atom stereocenters. The normalized spacial score (nSPS) is 11.4. The average Bonchev–Trinajstić information content (AvgIpc) is 3.35. The smallest absolute Gasteiger partial charge is 0.167 e. The molecule has 292 valence electrons. The molecule has 0 spiro atoms. The first-order valence-corrected chi connectivity index (χ1v) is 20.9. The van der Waals surface area contributed by atoms with Crippen molar-refractivity contribution in [3.8, 4) is 111 Å². The minimum atomic E-state index is -0.854. The van der Waals surface area contributed by atoms with Crippen LogP contribution in [0.4, 0.5) is 8.78 Å². The molecule has 0 saturated heterocycles. The summed E-state index contributed by atoms with van der Waals surface area (Å²) in [7, 11) is 0. The average molecular weight is 797 g/mol. The van der Waals surface area contributed by atoms with Crippen molar-refractivity contribution in [1.29, 1.82) is 0 Å². The summed E-state index contributed by atoms with van der Waals surface area (Å²) in [4.78, 5) is 0. The van der Waals surface area contributed by atoms with Crippen LogP contribution in [0.2, 0.25) is 0 Å². The van der Waals surface area contributed by atoms with Gasteiger partial charge in [-0.2, -0.15) is 0 Å². The van der Waals surface area contributed by atoms with Crippen molar-refractivity contribution < 1.29 is 8.78 Å². The first-order valence-electron chi connectivity index (χ1n) is 20.9. The van der Waals surface area contributed by atoms with Gasteiger partial charge in [-0.3, -0.25) is 0 Å². The second-order valence-electron chi connectivity index (χ2n) is 16.0. The minimum Gasteiger partial charge on any atom is -0.203 e. The molecular weight excluding hydrogens is 759 g/mol. The molecule has 0 radical (unpaired) electrons. The van der Waals surface area contributed by atoms with Crippen LogP contribution >= 0.6 is 0 Å². The van der Waals surface area contributed by atoms with Crippen molar-refractivity contribution in [2.45, 2.75) is 0 Å². The third-order valence-corrected chi connectivity index (χ3v) is 12.3. The molecule has 0 heterocycles. The molecule has 10 aromatic rings. The molecule has 62 heavy (non-hydrogen) atoms. The third kappa shape index (κ3) is 7.02. The second kappa shape index (κ2) is 15.6. The Kier molecular flexibility index (Phi) is 9.32. The quantitative estimate of drug-likeness (QED) is 0.143. The van der Waals surface area contributed by atoms with Gasteiger partial charge in [0.05, 0.1) is 0 Å². The Morgan fingerprint density at radius 1 is 0.129 bits per heavy atom. The highest BCUT2D eigenvalue weighted by molar-refractivity contribution is 5.80. The van der Waals surface area contributed by atoms with Crippen LogP contribution in [0, 0.1) is 11.6 Å². The maximum atomic E-state index is 15.7. The molecule has 0 fully saturated rings. The van der Waals surface area contributed by atoms with Crippen LogP contribution in [0.25, 0.3) is 111 Å². The van der Waals surface area contributed by atoms with Crippen molar-refractivity contribution in [3.05, 3.63) is 242 Å². The lowest BCUT2D eigenvalue weighted by atomic mass is 9.94. The number of hydrogen-bond donors (Lipinski definition) is 0. The zero-order valence-corrected chi connectivity index (χ0v) is 33.7. The van der Waals surface area contributed by atoms with Gasteiger partial charge in [-0.15, -0.1) is 0 Å². The Morgan fingerprint density at radius 2 is 0.226 bits per heavy atom. The summed E-state index contributed by atoms with van der Waals surface area (Å²) in [6.45, 7) is 0. The molecule has 2 heteroatoms. The lowest BCUT2D eigenvalue weighted by molar-refractivity contribution is 0.514. The summed E-state index contributed by atoms with van der Waals surface area (Å²) in [5, 5.41) is 0. The Labute approximate surface area is 360 Å². The van der Waals surface area contributed by atoms with E-state index >= 15 is 8.78 Å². The lowest BCUT2D eigenvalue weighted by Crippen LogP contribution is -1.94. The van der Waals surface area contributed by atoms with E-state index in [1.54, 1.807) is 12.1 Å². The predicted octanol–water partition coefficient (Wildman–Crippen LogP) is 16.9. The third-order valence-electron chi connectivity index (χ3n) is 12.3. The van der Waals surface area contributed by atoms with Crippen LogP contribution < -0.4 is 0 Å². The molecule has 0 nitrogen and oxygen atoms in total. The summed E-state index contributed by atoms with van der Waals surface area (Å²) in [5.74, 6) is -1.71. The fourth-order valence-corrected chi connectivity index (χ4v) is 8.67. The molecule has 20 bridgehead atoms. The molecule has 10 aromatic carbocycles. The van der Waals surface area contributed by atoms with Gasteiger partial charge >= 0.3 is 0 Å². The van der Waals surface area contributed by atoms with Gasteiger partial charge in [0.15, 0.2) is 11.6 Å². The number of hydrogen-bond acceptors (Lipinski definition) is 0. The molecule has 0 aliphatic heterocycles.